The van der Waals surface area contributed by atoms with Crippen LogP contribution in [-0.2, 0) is 16.4 Å². The summed E-state index contributed by atoms with van der Waals surface area (Å²) in [4.78, 5) is 6.75. The number of ether oxygens (including phenoxy) is 1. The van der Waals surface area contributed by atoms with Crippen LogP contribution in [0.25, 0.3) is 0 Å². The zero-order chi connectivity index (χ0) is 18.9. The Morgan fingerprint density at radius 3 is 2.52 bits per heavy atom. The van der Waals surface area contributed by atoms with E-state index < -0.39 is 10.0 Å². The van der Waals surface area contributed by atoms with Gasteiger partial charge >= 0.3 is 0 Å². The molecule has 0 unspecified atom stereocenters. The third kappa shape index (κ3) is 3.46. The lowest BCUT2D eigenvalue weighted by Crippen LogP contribution is -2.16. The summed E-state index contributed by atoms with van der Waals surface area (Å²) >= 11 is 0. The number of sulfonamides is 1. The molecule has 0 radical (unpaired) electrons. The van der Waals surface area contributed by atoms with Crippen molar-refractivity contribution in [2.24, 2.45) is 0 Å². The summed E-state index contributed by atoms with van der Waals surface area (Å²) in [6.07, 6.45) is 2.51. The van der Waals surface area contributed by atoms with Gasteiger partial charge in [0, 0.05) is 12.2 Å². The van der Waals surface area contributed by atoms with Gasteiger partial charge in [-0.3, -0.25) is 4.72 Å². The van der Waals surface area contributed by atoms with Gasteiger partial charge in [-0.05, 0) is 54.4 Å². The van der Waals surface area contributed by atoms with E-state index in [0.717, 1.165) is 24.5 Å². The zero-order valence-electron chi connectivity index (χ0n) is 14.8. The Bertz CT molecular complexity index is 1050. The number of nitrogens with zero attached hydrogens (tertiary/aromatic N) is 2. The first-order valence-electron chi connectivity index (χ1n) is 8.55. The quantitative estimate of drug-likeness (QED) is 0.731. The van der Waals surface area contributed by atoms with Crippen LogP contribution in [0.5, 0.6) is 5.75 Å². The number of nitrogens with one attached hydrogen (secondary N) is 1. The van der Waals surface area contributed by atoms with Gasteiger partial charge in [-0.15, -0.1) is 0 Å². The molecule has 1 aliphatic heterocycles. The Labute approximate surface area is 158 Å². The molecule has 0 aliphatic carbocycles. The number of aromatic nitrogens is 1. The molecule has 0 spiro atoms. The third-order valence-electron chi connectivity index (χ3n) is 4.53. The first kappa shape index (κ1) is 17.4. The van der Waals surface area contributed by atoms with Crippen molar-refractivity contribution in [3.05, 3.63) is 72.4 Å². The number of benzene rings is 2. The van der Waals surface area contributed by atoms with Gasteiger partial charge < -0.3 is 9.64 Å². The summed E-state index contributed by atoms with van der Waals surface area (Å²) in [5.41, 5.74) is 2.86. The Hall–Kier alpha value is -3.06. The topological polar surface area (TPSA) is 71.5 Å². The van der Waals surface area contributed by atoms with Crippen LogP contribution in [0, 0.1) is 0 Å². The molecule has 2 aromatic carbocycles. The maximum atomic E-state index is 12.5. The van der Waals surface area contributed by atoms with Crippen LogP contribution in [0.1, 0.15) is 5.56 Å². The first-order chi connectivity index (χ1) is 13.1. The molecule has 0 bridgehead atoms. The van der Waals surface area contributed by atoms with Crippen LogP contribution in [0.4, 0.5) is 17.2 Å². The zero-order valence-corrected chi connectivity index (χ0v) is 15.6. The van der Waals surface area contributed by atoms with Gasteiger partial charge in [0.15, 0.2) is 0 Å². The van der Waals surface area contributed by atoms with Crippen molar-refractivity contribution >= 4 is 27.2 Å². The largest absolute Gasteiger partial charge is 0.497 e. The molecule has 0 atom stereocenters. The molecule has 1 N–H and O–H groups in total. The van der Waals surface area contributed by atoms with E-state index in [1.165, 1.54) is 31.0 Å². The van der Waals surface area contributed by atoms with Crippen LogP contribution >= 0.6 is 0 Å². The predicted octanol–water partition coefficient (Wildman–Crippen LogP) is 3.59. The van der Waals surface area contributed by atoms with Crippen LogP contribution in [0.2, 0.25) is 0 Å². The lowest BCUT2D eigenvalue weighted by Gasteiger charge is -2.18. The molecule has 0 saturated heterocycles. The molecule has 3 aromatic rings. The van der Waals surface area contributed by atoms with E-state index in [2.05, 4.69) is 26.7 Å². The summed E-state index contributed by atoms with van der Waals surface area (Å²) < 4.78 is 32.6. The highest BCUT2D eigenvalue weighted by atomic mass is 32.2. The lowest BCUT2D eigenvalue weighted by molar-refractivity contribution is 0.414. The van der Waals surface area contributed by atoms with Crippen molar-refractivity contribution in [3.63, 3.8) is 0 Å². The van der Waals surface area contributed by atoms with E-state index in [9.17, 15) is 8.42 Å². The van der Waals surface area contributed by atoms with Crippen LogP contribution < -0.4 is 14.4 Å². The fourth-order valence-electron chi connectivity index (χ4n) is 3.15. The fourth-order valence-corrected chi connectivity index (χ4v) is 4.19. The fraction of sp³-hybridized carbons (Fsp3) is 0.150. The van der Waals surface area contributed by atoms with Gasteiger partial charge in [0.05, 0.1) is 23.9 Å². The number of pyridine rings is 1. The molecule has 138 valence electrons. The number of fused-ring (bicyclic) bond motifs is 1. The standard InChI is InChI=1S/C20H19N3O3S/c1-26-17-7-9-18(10-8-17)27(24,25)22-16-6-11-20(21-14-16)23-13-12-15-4-2-3-5-19(15)23/h2-11,14,22H,12-13H2,1H3. The van der Waals surface area contributed by atoms with Crippen molar-refractivity contribution in [1.82, 2.24) is 4.98 Å². The minimum atomic E-state index is -3.68. The maximum absolute atomic E-state index is 12.5. The number of hydrogen-bond acceptors (Lipinski definition) is 5. The van der Waals surface area contributed by atoms with Crippen LogP contribution in [0.3, 0.4) is 0 Å². The second-order valence-electron chi connectivity index (χ2n) is 6.22. The van der Waals surface area contributed by atoms with Crippen molar-refractivity contribution in [2.75, 3.05) is 23.3 Å². The van der Waals surface area contributed by atoms with E-state index in [0.29, 0.717) is 11.4 Å². The SMILES string of the molecule is COc1ccc(S(=O)(=O)Nc2ccc(N3CCc4ccccc43)nc2)cc1. The summed E-state index contributed by atoms with van der Waals surface area (Å²) in [7, 11) is -2.14. The van der Waals surface area contributed by atoms with Gasteiger partial charge in [0.25, 0.3) is 10.0 Å². The van der Waals surface area contributed by atoms with E-state index in [1.54, 1.807) is 18.2 Å². The van der Waals surface area contributed by atoms with Gasteiger partial charge in [-0.1, -0.05) is 18.2 Å². The molecule has 27 heavy (non-hydrogen) atoms. The van der Waals surface area contributed by atoms with Gasteiger partial charge in [0.1, 0.15) is 11.6 Å². The van der Waals surface area contributed by atoms with E-state index >= 15 is 0 Å². The summed E-state index contributed by atoms with van der Waals surface area (Å²) in [5, 5.41) is 0. The highest BCUT2D eigenvalue weighted by Crippen LogP contribution is 2.33. The molecule has 0 saturated carbocycles. The van der Waals surface area contributed by atoms with Crippen LogP contribution in [0.15, 0.2) is 71.8 Å². The maximum Gasteiger partial charge on any atom is 0.261 e. The molecule has 6 nitrogen and oxygen atoms in total. The Morgan fingerprint density at radius 2 is 1.81 bits per heavy atom. The molecule has 0 amide bonds. The van der Waals surface area contributed by atoms with Crippen molar-refractivity contribution < 1.29 is 13.2 Å². The summed E-state index contributed by atoms with van der Waals surface area (Å²) in [6, 6.07) is 18.0. The van der Waals surface area contributed by atoms with Gasteiger partial charge in [-0.2, -0.15) is 0 Å². The lowest BCUT2D eigenvalue weighted by atomic mass is 10.2. The number of methoxy groups -OCH3 is 1. The van der Waals surface area contributed by atoms with Gasteiger partial charge in [-0.25, -0.2) is 13.4 Å². The van der Waals surface area contributed by atoms with Crippen molar-refractivity contribution in [3.8, 4) is 5.75 Å². The predicted molar refractivity (Wildman–Crippen MR) is 105 cm³/mol. The average molecular weight is 381 g/mol. The third-order valence-corrected chi connectivity index (χ3v) is 5.93. The monoisotopic (exact) mass is 381 g/mol. The number of anilines is 3. The molecular formula is C20H19N3O3S. The number of rotatable bonds is 5. The highest BCUT2D eigenvalue weighted by molar-refractivity contribution is 7.92. The first-order valence-corrected chi connectivity index (χ1v) is 10.0. The van der Waals surface area contributed by atoms with Crippen LogP contribution in [-0.4, -0.2) is 27.1 Å². The molecule has 1 aromatic heterocycles. The summed E-state index contributed by atoms with van der Waals surface area (Å²) in [6.45, 7) is 0.864. The Balaban J connectivity index is 1.52. The molecule has 0 fully saturated rings. The molecule has 1 aliphatic rings. The molecule has 4 rings (SSSR count). The minimum Gasteiger partial charge on any atom is -0.497 e. The smallest absolute Gasteiger partial charge is 0.261 e. The van der Waals surface area contributed by atoms with Crippen molar-refractivity contribution in [1.29, 1.82) is 0 Å². The van der Waals surface area contributed by atoms with E-state index in [-0.39, 0.29) is 4.90 Å². The number of hydrogen-bond donors (Lipinski definition) is 1. The Kier molecular flexibility index (Phi) is 4.45. The van der Waals surface area contributed by atoms with E-state index in [4.69, 9.17) is 4.74 Å². The van der Waals surface area contributed by atoms with Crippen molar-refractivity contribution in [2.45, 2.75) is 11.3 Å². The normalized spacial score (nSPS) is 13.3. The van der Waals surface area contributed by atoms with Gasteiger partial charge in [0.2, 0.25) is 0 Å². The number of para-hydroxylation sites is 1. The highest BCUT2D eigenvalue weighted by Gasteiger charge is 2.21. The summed E-state index contributed by atoms with van der Waals surface area (Å²) in [5.74, 6) is 1.40. The molecule has 2 heterocycles. The molecule has 7 heteroatoms. The average Bonchev–Trinajstić information content (AvgIpc) is 3.12. The second-order valence-corrected chi connectivity index (χ2v) is 7.90. The molecular weight excluding hydrogens is 362 g/mol. The Morgan fingerprint density at radius 1 is 1.04 bits per heavy atom. The minimum absolute atomic E-state index is 0.167. The van der Waals surface area contributed by atoms with E-state index in [1.807, 2.05) is 18.2 Å². The second kappa shape index (κ2) is 6.92.